The number of nitro benzene ring substituents is 2. The Hall–Kier alpha value is -4.48. The Morgan fingerprint density at radius 1 is 0.758 bits per heavy atom. The minimum absolute atomic E-state index is 0.129. The minimum atomic E-state index is -2.30. The number of carbonyl (C=O) groups is 2. The zero-order chi connectivity index (χ0) is 24.4. The molecule has 0 unspecified atom stereocenters. The fourth-order valence-corrected chi connectivity index (χ4v) is 3.44. The molecule has 0 amide bonds. The summed E-state index contributed by atoms with van der Waals surface area (Å²) in [4.78, 5) is 44.0. The Balaban J connectivity index is 1.82. The monoisotopic (exact) mass is 466 g/mol. The number of benzene rings is 2. The van der Waals surface area contributed by atoms with E-state index in [4.69, 9.17) is 9.47 Å². The molecule has 0 N–H and O–H groups in total. The van der Waals surface area contributed by atoms with E-state index in [1.54, 1.807) is 0 Å². The van der Waals surface area contributed by atoms with Gasteiger partial charge in [0.05, 0.1) is 21.0 Å². The molecule has 0 aliphatic rings. The number of nitrogens with zero attached hydrogens (tertiary/aromatic N) is 2. The van der Waals surface area contributed by atoms with E-state index in [9.17, 15) is 29.8 Å². The third-order valence-corrected chi connectivity index (χ3v) is 5.58. The molecular weight excluding hydrogens is 448 g/mol. The van der Waals surface area contributed by atoms with Crippen LogP contribution in [-0.2, 0) is 9.47 Å². The lowest BCUT2D eigenvalue weighted by molar-refractivity contribution is -0.385. The second kappa shape index (κ2) is 11.2. The van der Waals surface area contributed by atoms with Crippen molar-refractivity contribution in [3.05, 3.63) is 79.9 Å². The zero-order valence-electron chi connectivity index (χ0n) is 17.7. The molecule has 0 aliphatic carbocycles. The first-order chi connectivity index (χ1) is 15.6. The van der Waals surface area contributed by atoms with Crippen molar-refractivity contribution in [2.45, 2.75) is 13.1 Å². The van der Waals surface area contributed by atoms with Gasteiger partial charge in [-0.05, 0) is 37.4 Å². The first kappa shape index (κ1) is 24.8. The lowest BCUT2D eigenvalue weighted by Gasteiger charge is -2.05. The van der Waals surface area contributed by atoms with Gasteiger partial charge in [-0.15, -0.1) is 11.1 Å². The van der Waals surface area contributed by atoms with Crippen LogP contribution in [0.2, 0.25) is 13.1 Å². The van der Waals surface area contributed by atoms with E-state index in [2.05, 4.69) is 22.9 Å². The molecule has 0 spiro atoms. The first-order valence-corrected chi connectivity index (χ1v) is 12.4. The second-order valence-corrected chi connectivity index (χ2v) is 10.7. The van der Waals surface area contributed by atoms with Gasteiger partial charge in [0.2, 0.25) is 8.07 Å². The van der Waals surface area contributed by atoms with Gasteiger partial charge in [-0.1, -0.05) is 11.8 Å². The van der Waals surface area contributed by atoms with Crippen molar-refractivity contribution >= 4 is 31.4 Å². The lowest BCUT2D eigenvalue weighted by Crippen LogP contribution is -2.21. The van der Waals surface area contributed by atoms with Crippen molar-refractivity contribution in [2.75, 3.05) is 13.2 Å². The van der Waals surface area contributed by atoms with Crippen LogP contribution in [0.5, 0.6) is 0 Å². The van der Waals surface area contributed by atoms with Gasteiger partial charge < -0.3 is 9.47 Å². The van der Waals surface area contributed by atoms with E-state index in [0.717, 1.165) is 0 Å². The summed E-state index contributed by atoms with van der Waals surface area (Å²) in [5.74, 6) is 4.18. The summed E-state index contributed by atoms with van der Waals surface area (Å²) in [5, 5.41) is 21.3. The Labute approximate surface area is 189 Å². The normalized spacial score (nSPS) is 10.0. The molecule has 2 aromatic rings. The van der Waals surface area contributed by atoms with Gasteiger partial charge >= 0.3 is 11.9 Å². The number of ether oxygens (including phenoxy) is 2. The number of hydrogen-bond acceptors (Lipinski definition) is 8. The van der Waals surface area contributed by atoms with Crippen LogP contribution < -0.4 is 0 Å². The molecule has 0 atom stereocenters. The number of carbonyl (C=O) groups excluding carboxylic acids is 2. The van der Waals surface area contributed by atoms with Gasteiger partial charge in [-0.25, -0.2) is 9.59 Å². The summed E-state index contributed by atoms with van der Waals surface area (Å²) in [7, 11) is -2.30. The van der Waals surface area contributed by atoms with E-state index in [0.29, 0.717) is 0 Å². The Morgan fingerprint density at radius 3 is 1.39 bits per heavy atom. The molecule has 0 radical (unpaired) electrons. The Morgan fingerprint density at radius 2 is 1.09 bits per heavy atom. The third kappa shape index (κ3) is 7.94. The van der Waals surface area contributed by atoms with Crippen LogP contribution in [-0.4, -0.2) is 43.1 Å². The predicted octanol–water partition coefficient (Wildman–Crippen LogP) is 3.31. The third-order valence-electron chi connectivity index (χ3n) is 3.98. The van der Waals surface area contributed by atoms with Crippen LogP contribution in [0.3, 0.4) is 0 Å². The highest BCUT2D eigenvalue weighted by molar-refractivity contribution is 6.92. The average Bonchev–Trinajstić information content (AvgIpc) is 2.79. The van der Waals surface area contributed by atoms with Crippen LogP contribution in [0.1, 0.15) is 20.7 Å². The molecule has 11 heteroatoms. The summed E-state index contributed by atoms with van der Waals surface area (Å²) in [6.07, 6.45) is 0. The zero-order valence-corrected chi connectivity index (χ0v) is 18.7. The van der Waals surface area contributed by atoms with E-state index in [-0.39, 0.29) is 35.7 Å². The quantitative estimate of drug-likeness (QED) is 0.208. The molecule has 168 valence electrons. The van der Waals surface area contributed by atoms with Crippen LogP contribution in [0, 0.1) is 43.2 Å². The first-order valence-electron chi connectivity index (χ1n) is 9.42. The van der Waals surface area contributed by atoms with Crippen molar-refractivity contribution in [3.63, 3.8) is 0 Å². The Bertz CT molecular complexity index is 1090. The molecule has 0 saturated heterocycles. The van der Waals surface area contributed by atoms with Gasteiger partial charge in [0, 0.05) is 24.3 Å². The number of nitro groups is 2. The van der Waals surface area contributed by atoms with Crippen LogP contribution in [0.15, 0.2) is 48.5 Å². The van der Waals surface area contributed by atoms with Gasteiger partial charge in [0.1, 0.15) is 0 Å². The molecular formula is C22H18N2O8Si. The molecule has 2 aromatic carbocycles. The molecule has 2 rings (SSSR count). The predicted molar refractivity (Wildman–Crippen MR) is 120 cm³/mol. The van der Waals surface area contributed by atoms with Crippen molar-refractivity contribution in [2.24, 2.45) is 0 Å². The minimum Gasteiger partial charge on any atom is -0.449 e. The molecule has 0 aliphatic heterocycles. The van der Waals surface area contributed by atoms with E-state index < -0.39 is 29.9 Å². The maximum Gasteiger partial charge on any atom is 0.339 e. The molecule has 10 nitrogen and oxygen atoms in total. The summed E-state index contributed by atoms with van der Waals surface area (Å²) in [6.45, 7) is 3.40. The fraction of sp³-hybridized carbons (Fsp3) is 0.182. The summed E-state index contributed by atoms with van der Waals surface area (Å²) in [5.41, 5.74) is 6.03. The topological polar surface area (TPSA) is 139 Å². The lowest BCUT2D eigenvalue weighted by atomic mass is 10.2. The largest absolute Gasteiger partial charge is 0.449 e. The maximum atomic E-state index is 11.9. The number of hydrogen-bond donors (Lipinski definition) is 0. The number of non-ortho nitro benzene ring substituents is 2. The van der Waals surface area contributed by atoms with Crippen LogP contribution in [0.4, 0.5) is 11.4 Å². The Kier molecular flexibility index (Phi) is 8.43. The summed E-state index contributed by atoms with van der Waals surface area (Å²) in [6, 6.07) is 10.0. The molecule has 0 saturated carbocycles. The number of rotatable bonds is 6. The van der Waals surface area contributed by atoms with Crippen LogP contribution in [0.25, 0.3) is 0 Å². The SMILES string of the molecule is C[Si](C)(C#CCOC(=O)c1ccc([N+](=O)[O-])cc1)C#CCOC(=O)c1ccc([N+](=O)[O-])cc1. The molecule has 0 heterocycles. The van der Waals surface area contributed by atoms with Gasteiger partial charge in [-0.2, -0.15) is 0 Å². The van der Waals surface area contributed by atoms with E-state index >= 15 is 0 Å². The highest BCUT2D eigenvalue weighted by atomic mass is 28.3. The second-order valence-electron chi connectivity index (χ2n) is 6.99. The maximum absolute atomic E-state index is 11.9. The average molecular weight is 466 g/mol. The summed E-state index contributed by atoms with van der Waals surface area (Å²) < 4.78 is 10.1. The van der Waals surface area contributed by atoms with Crippen molar-refractivity contribution in [1.82, 2.24) is 0 Å². The highest BCUT2D eigenvalue weighted by Gasteiger charge is 2.15. The van der Waals surface area contributed by atoms with E-state index in [1.165, 1.54) is 48.5 Å². The van der Waals surface area contributed by atoms with Crippen molar-refractivity contribution in [1.29, 1.82) is 0 Å². The summed E-state index contributed by atoms with van der Waals surface area (Å²) >= 11 is 0. The van der Waals surface area contributed by atoms with Gasteiger partial charge in [-0.3, -0.25) is 20.2 Å². The van der Waals surface area contributed by atoms with Gasteiger partial charge in [0.15, 0.2) is 13.2 Å². The van der Waals surface area contributed by atoms with Crippen molar-refractivity contribution < 1.29 is 28.9 Å². The van der Waals surface area contributed by atoms with Crippen LogP contribution >= 0.6 is 0 Å². The highest BCUT2D eigenvalue weighted by Crippen LogP contribution is 2.13. The van der Waals surface area contributed by atoms with Gasteiger partial charge in [0.25, 0.3) is 11.4 Å². The molecule has 0 aromatic heterocycles. The van der Waals surface area contributed by atoms with Crippen molar-refractivity contribution in [3.8, 4) is 22.9 Å². The standard InChI is InChI=1S/C22H18N2O8Si/c1-33(2,15-3-13-31-21(25)17-5-9-19(10-6-17)23(27)28)16-4-14-32-22(26)18-7-11-20(12-8-18)24(29)30/h5-12H,13-14H2,1-2H3. The smallest absolute Gasteiger partial charge is 0.339 e. The number of esters is 2. The fourth-order valence-electron chi connectivity index (χ4n) is 2.35. The molecule has 33 heavy (non-hydrogen) atoms. The molecule has 0 bridgehead atoms. The van der Waals surface area contributed by atoms with E-state index in [1.807, 2.05) is 13.1 Å². The molecule has 0 fully saturated rings.